The molecule has 1 fully saturated rings. The van der Waals surface area contributed by atoms with Crippen molar-refractivity contribution in [3.05, 3.63) is 64.7 Å². The molecule has 7 nitrogen and oxygen atoms in total. The number of amides is 4. The maximum absolute atomic E-state index is 12.8. The smallest absolute Gasteiger partial charge is 0.335 e. The van der Waals surface area contributed by atoms with Gasteiger partial charge in [0.05, 0.1) is 5.69 Å². The zero-order valence-electron chi connectivity index (χ0n) is 13.8. The Morgan fingerprint density at radius 2 is 1.81 bits per heavy atom. The first-order chi connectivity index (χ1) is 13.0. The van der Waals surface area contributed by atoms with Gasteiger partial charge < -0.3 is 4.74 Å². The van der Waals surface area contributed by atoms with Gasteiger partial charge in [-0.05, 0) is 36.4 Å². The van der Waals surface area contributed by atoms with Crippen LogP contribution in [0.2, 0.25) is 5.02 Å². The molecule has 0 atom stereocenters. The van der Waals surface area contributed by atoms with E-state index in [0.29, 0.717) is 16.3 Å². The molecule has 0 spiro atoms. The van der Waals surface area contributed by atoms with Crippen LogP contribution in [0.3, 0.4) is 0 Å². The molecular formula is C19H12ClN3O4. The van der Waals surface area contributed by atoms with E-state index in [1.807, 2.05) is 6.07 Å². The molecule has 27 heavy (non-hydrogen) atoms. The minimum Gasteiger partial charge on any atom is -0.478 e. The molecule has 8 heteroatoms. The Bertz CT molecular complexity index is 993. The fourth-order valence-corrected chi connectivity index (χ4v) is 2.60. The molecule has 2 aromatic rings. The SMILES string of the molecule is N#CCOc1ccccc1C=C1C(=O)NC(=O)N(c2ccc(Cl)cc2)C1=O. The molecule has 1 aliphatic rings. The summed E-state index contributed by atoms with van der Waals surface area (Å²) in [5.74, 6) is -1.26. The van der Waals surface area contributed by atoms with Gasteiger partial charge >= 0.3 is 6.03 Å². The van der Waals surface area contributed by atoms with Gasteiger partial charge in [0.25, 0.3) is 11.8 Å². The third-order valence-electron chi connectivity index (χ3n) is 3.70. The Hall–Kier alpha value is -3.63. The quantitative estimate of drug-likeness (QED) is 0.648. The molecule has 0 aromatic heterocycles. The van der Waals surface area contributed by atoms with Crippen molar-refractivity contribution in [2.24, 2.45) is 0 Å². The van der Waals surface area contributed by atoms with E-state index < -0.39 is 17.8 Å². The van der Waals surface area contributed by atoms with E-state index in [2.05, 4.69) is 5.32 Å². The number of benzene rings is 2. The Labute approximate surface area is 159 Å². The number of nitriles is 1. The number of nitrogens with one attached hydrogen (secondary N) is 1. The molecule has 0 radical (unpaired) electrons. The number of ether oxygens (including phenoxy) is 1. The van der Waals surface area contributed by atoms with Crippen molar-refractivity contribution in [3.63, 3.8) is 0 Å². The van der Waals surface area contributed by atoms with E-state index in [-0.39, 0.29) is 17.9 Å². The van der Waals surface area contributed by atoms with Crippen LogP contribution >= 0.6 is 11.6 Å². The number of carbonyl (C=O) groups excluding carboxylic acids is 3. The summed E-state index contributed by atoms with van der Waals surface area (Å²) in [6.45, 7) is -0.185. The zero-order valence-corrected chi connectivity index (χ0v) is 14.6. The minimum absolute atomic E-state index is 0.185. The number of nitrogens with zero attached hydrogens (tertiary/aromatic N) is 2. The van der Waals surface area contributed by atoms with Crippen molar-refractivity contribution in [2.45, 2.75) is 0 Å². The van der Waals surface area contributed by atoms with Crippen molar-refractivity contribution in [2.75, 3.05) is 11.5 Å². The first-order valence-electron chi connectivity index (χ1n) is 7.77. The van der Waals surface area contributed by atoms with Crippen LogP contribution in [0.5, 0.6) is 5.75 Å². The topological polar surface area (TPSA) is 99.5 Å². The number of hydrogen-bond donors (Lipinski definition) is 1. The number of anilines is 1. The highest BCUT2D eigenvalue weighted by atomic mass is 35.5. The predicted octanol–water partition coefficient (Wildman–Crippen LogP) is 2.91. The lowest BCUT2D eigenvalue weighted by Crippen LogP contribution is -2.54. The number of urea groups is 1. The van der Waals surface area contributed by atoms with Gasteiger partial charge in [0.1, 0.15) is 17.4 Å². The molecule has 0 unspecified atom stereocenters. The van der Waals surface area contributed by atoms with E-state index in [4.69, 9.17) is 21.6 Å². The van der Waals surface area contributed by atoms with Crippen LogP contribution in [0, 0.1) is 11.3 Å². The summed E-state index contributed by atoms with van der Waals surface area (Å²) >= 11 is 5.84. The van der Waals surface area contributed by atoms with Gasteiger partial charge in [-0.1, -0.05) is 29.8 Å². The highest BCUT2D eigenvalue weighted by Crippen LogP contribution is 2.26. The molecule has 1 heterocycles. The van der Waals surface area contributed by atoms with Gasteiger partial charge in [-0.15, -0.1) is 0 Å². The molecule has 134 valence electrons. The molecule has 1 N–H and O–H groups in total. The standard InChI is InChI=1S/C19H12ClN3O4/c20-13-5-7-14(8-6-13)23-18(25)15(17(24)22-19(23)26)11-12-3-1-2-4-16(12)27-10-9-21/h1-8,11H,10H2,(H,22,24,26). The van der Waals surface area contributed by atoms with Crippen LogP contribution in [0.15, 0.2) is 54.1 Å². The average molecular weight is 382 g/mol. The second-order valence-corrected chi connectivity index (χ2v) is 5.86. The van der Waals surface area contributed by atoms with Crippen molar-refractivity contribution < 1.29 is 19.1 Å². The van der Waals surface area contributed by atoms with Crippen molar-refractivity contribution >= 4 is 41.2 Å². The highest BCUT2D eigenvalue weighted by Gasteiger charge is 2.36. The minimum atomic E-state index is -0.849. The molecule has 1 aliphatic heterocycles. The van der Waals surface area contributed by atoms with E-state index in [0.717, 1.165) is 4.90 Å². The lowest BCUT2D eigenvalue weighted by atomic mass is 10.1. The summed E-state index contributed by atoms with van der Waals surface area (Å²) in [5.41, 5.74) is 0.462. The highest BCUT2D eigenvalue weighted by molar-refractivity contribution is 6.39. The van der Waals surface area contributed by atoms with Crippen LogP contribution in [-0.4, -0.2) is 24.5 Å². The molecule has 0 bridgehead atoms. The fourth-order valence-electron chi connectivity index (χ4n) is 2.48. The summed E-state index contributed by atoms with van der Waals surface area (Å²) in [6, 6.07) is 13.7. The number of halogens is 1. The van der Waals surface area contributed by atoms with Crippen LogP contribution in [-0.2, 0) is 9.59 Å². The number of imide groups is 2. The van der Waals surface area contributed by atoms with Gasteiger partial charge in [0.2, 0.25) is 0 Å². The second kappa shape index (κ2) is 7.72. The monoisotopic (exact) mass is 381 g/mol. The lowest BCUT2D eigenvalue weighted by Gasteiger charge is -2.26. The molecule has 4 amide bonds. The number of carbonyl (C=O) groups is 3. The summed E-state index contributed by atoms with van der Waals surface area (Å²) < 4.78 is 5.30. The van der Waals surface area contributed by atoms with Crippen LogP contribution in [0.25, 0.3) is 6.08 Å². The largest absolute Gasteiger partial charge is 0.478 e. The van der Waals surface area contributed by atoms with Crippen LogP contribution in [0.4, 0.5) is 10.5 Å². The van der Waals surface area contributed by atoms with E-state index in [1.165, 1.54) is 30.3 Å². The zero-order chi connectivity index (χ0) is 19.4. The molecule has 3 rings (SSSR count). The number of barbiturate groups is 1. The lowest BCUT2D eigenvalue weighted by molar-refractivity contribution is -0.122. The Morgan fingerprint density at radius 3 is 2.52 bits per heavy atom. The number of rotatable bonds is 4. The van der Waals surface area contributed by atoms with Gasteiger partial charge in [-0.25, -0.2) is 9.69 Å². The van der Waals surface area contributed by atoms with Gasteiger partial charge in [0.15, 0.2) is 6.61 Å². The molecule has 0 aliphatic carbocycles. The Kier molecular flexibility index (Phi) is 5.20. The van der Waals surface area contributed by atoms with Gasteiger partial charge in [0, 0.05) is 10.6 Å². The second-order valence-electron chi connectivity index (χ2n) is 5.42. The van der Waals surface area contributed by atoms with Crippen LogP contribution in [0.1, 0.15) is 5.56 Å². The van der Waals surface area contributed by atoms with Gasteiger partial charge in [-0.2, -0.15) is 5.26 Å². The Balaban J connectivity index is 2.00. The molecule has 0 saturated carbocycles. The van der Waals surface area contributed by atoms with E-state index in [9.17, 15) is 14.4 Å². The summed E-state index contributed by atoms with van der Waals surface area (Å²) in [4.78, 5) is 38.0. The summed E-state index contributed by atoms with van der Waals surface area (Å²) in [5, 5.41) is 11.3. The summed E-state index contributed by atoms with van der Waals surface area (Å²) in [7, 11) is 0. The molecular weight excluding hydrogens is 370 g/mol. The van der Waals surface area contributed by atoms with Gasteiger partial charge in [-0.3, -0.25) is 14.9 Å². The average Bonchev–Trinajstić information content (AvgIpc) is 2.65. The first-order valence-corrected chi connectivity index (χ1v) is 8.15. The first kappa shape index (κ1) is 18.2. The maximum atomic E-state index is 12.8. The third-order valence-corrected chi connectivity index (χ3v) is 3.95. The fraction of sp³-hybridized carbons (Fsp3) is 0.0526. The molecule has 1 saturated heterocycles. The van der Waals surface area contributed by atoms with Crippen molar-refractivity contribution in [1.29, 1.82) is 5.26 Å². The van der Waals surface area contributed by atoms with E-state index in [1.54, 1.807) is 24.3 Å². The molecule has 2 aromatic carbocycles. The van der Waals surface area contributed by atoms with Crippen molar-refractivity contribution in [1.82, 2.24) is 5.32 Å². The summed E-state index contributed by atoms with van der Waals surface area (Å²) in [6.07, 6.45) is 1.32. The van der Waals surface area contributed by atoms with Crippen LogP contribution < -0.4 is 15.0 Å². The normalized spacial score (nSPS) is 15.5. The van der Waals surface area contributed by atoms with Crippen molar-refractivity contribution in [3.8, 4) is 11.8 Å². The third kappa shape index (κ3) is 3.81. The predicted molar refractivity (Wildman–Crippen MR) is 98.0 cm³/mol. The maximum Gasteiger partial charge on any atom is 0.335 e. The van der Waals surface area contributed by atoms with E-state index >= 15 is 0 Å². The Morgan fingerprint density at radius 1 is 1.11 bits per heavy atom. The number of hydrogen-bond acceptors (Lipinski definition) is 5. The number of para-hydroxylation sites is 1.